The van der Waals surface area contributed by atoms with Crippen LogP contribution in [0.4, 0.5) is 0 Å². The number of piperidine rings is 1. The molecule has 4 heteroatoms. The molecule has 0 aromatic heterocycles. The van der Waals surface area contributed by atoms with E-state index in [-0.39, 0.29) is 0 Å². The van der Waals surface area contributed by atoms with Crippen LogP contribution >= 0.6 is 11.6 Å². The van der Waals surface area contributed by atoms with Gasteiger partial charge < -0.3 is 5.11 Å². The van der Waals surface area contributed by atoms with Gasteiger partial charge in [0.15, 0.2) is 0 Å². The van der Waals surface area contributed by atoms with Crippen LogP contribution in [0.25, 0.3) is 0 Å². The molecule has 0 spiro atoms. The van der Waals surface area contributed by atoms with Crippen LogP contribution in [-0.2, 0) is 10.3 Å². The third-order valence-electron chi connectivity index (χ3n) is 4.32. The molecule has 1 saturated heterocycles. The van der Waals surface area contributed by atoms with Crippen LogP contribution < -0.4 is 0 Å². The molecule has 1 aliphatic heterocycles. The summed E-state index contributed by atoms with van der Waals surface area (Å²) in [6, 6.07) is 7.16. The molecule has 110 valence electrons. The molecule has 1 heterocycles. The molecule has 0 amide bonds. The molecule has 2 rings (SSSR count). The lowest BCUT2D eigenvalue weighted by atomic mass is 9.83. The summed E-state index contributed by atoms with van der Waals surface area (Å²) in [7, 11) is 0. The Morgan fingerprint density at radius 2 is 1.75 bits per heavy atom. The van der Waals surface area contributed by atoms with Crippen molar-refractivity contribution < 1.29 is 9.90 Å². The summed E-state index contributed by atoms with van der Waals surface area (Å²) in [4.78, 5) is 14.0. The lowest BCUT2D eigenvalue weighted by Crippen LogP contribution is -2.54. The summed E-state index contributed by atoms with van der Waals surface area (Å²) in [5, 5.41) is 10.4. The SMILES string of the molecule is CC1CC(C)CN(C(C)(C(=O)O)c2ccc(Cl)cc2)C1. The number of aliphatic carboxylic acids is 1. The van der Waals surface area contributed by atoms with E-state index in [9.17, 15) is 9.90 Å². The lowest BCUT2D eigenvalue weighted by molar-refractivity contribution is -0.153. The highest BCUT2D eigenvalue weighted by Gasteiger charge is 2.43. The summed E-state index contributed by atoms with van der Waals surface area (Å²) in [5.41, 5.74) is -0.205. The minimum atomic E-state index is -0.993. The largest absolute Gasteiger partial charge is 0.480 e. The van der Waals surface area contributed by atoms with Crippen LogP contribution in [-0.4, -0.2) is 29.1 Å². The fraction of sp³-hybridized carbons (Fsp3) is 0.562. The highest BCUT2D eigenvalue weighted by atomic mass is 35.5. The van der Waals surface area contributed by atoms with Gasteiger partial charge in [-0.2, -0.15) is 0 Å². The Hall–Kier alpha value is -1.06. The quantitative estimate of drug-likeness (QED) is 0.926. The topological polar surface area (TPSA) is 40.5 Å². The van der Waals surface area contributed by atoms with Gasteiger partial charge in [-0.05, 0) is 42.9 Å². The van der Waals surface area contributed by atoms with E-state index in [1.165, 1.54) is 0 Å². The van der Waals surface area contributed by atoms with E-state index in [1.54, 1.807) is 19.1 Å². The van der Waals surface area contributed by atoms with Gasteiger partial charge in [-0.1, -0.05) is 37.6 Å². The number of halogens is 1. The second-order valence-electron chi connectivity index (χ2n) is 6.24. The van der Waals surface area contributed by atoms with Gasteiger partial charge in [-0.15, -0.1) is 0 Å². The lowest BCUT2D eigenvalue weighted by Gasteiger charge is -2.44. The molecule has 1 N–H and O–H groups in total. The fourth-order valence-electron chi connectivity index (χ4n) is 3.24. The van der Waals surface area contributed by atoms with Crippen LogP contribution in [0.3, 0.4) is 0 Å². The first-order chi connectivity index (χ1) is 9.34. The maximum Gasteiger partial charge on any atom is 0.328 e. The van der Waals surface area contributed by atoms with Crippen LogP contribution in [0.5, 0.6) is 0 Å². The van der Waals surface area contributed by atoms with Gasteiger partial charge >= 0.3 is 5.97 Å². The highest BCUT2D eigenvalue weighted by Crippen LogP contribution is 2.35. The Kier molecular flexibility index (Phi) is 4.40. The molecule has 1 aromatic rings. The predicted octanol–water partition coefficient (Wildman–Crippen LogP) is 3.62. The summed E-state index contributed by atoms with van der Waals surface area (Å²) >= 11 is 5.91. The molecule has 1 aromatic carbocycles. The average molecular weight is 296 g/mol. The number of carboxylic acid groups (broad SMARTS) is 1. The number of carboxylic acids is 1. The Balaban J connectivity index is 2.38. The Labute approximate surface area is 125 Å². The first-order valence-electron chi connectivity index (χ1n) is 7.08. The third-order valence-corrected chi connectivity index (χ3v) is 4.58. The van der Waals surface area contributed by atoms with Crippen molar-refractivity contribution in [3.8, 4) is 0 Å². The van der Waals surface area contributed by atoms with Gasteiger partial charge in [0.1, 0.15) is 5.54 Å². The number of nitrogens with zero attached hydrogens (tertiary/aromatic N) is 1. The third kappa shape index (κ3) is 2.84. The molecular formula is C16H22ClNO2. The maximum absolute atomic E-state index is 11.9. The standard InChI is InChI=1S/C16H22ClNO2/c1-11-8-12(2)10-18(9-11)16(3,15(19)20)13-4-6-14(17)7-5-13/h4-7,11-12H,8-10H2,1-3H3,(H,19,20). The molecule has 0 bridgehead atoms. The van der Waals surface area contributed by atoms with Crippen molar-refractivity contribution >= 4 is 17.6 Å². The zero-order valence-corrected chi connectivity index (χ0v) is 13.0. The van der Waals surface area contributed by atoms with Gasteiger partial charge in [0.2, 0.25) is 0 Å². The van der Waals surface area contributed by atoms with E-state index in [4.69, 9.17) is 11.6 Å². The molecule has 1 fully saturated rings. The molecule has 0 aliphatic carbocycles. The van der Waals surface area contributed by atoms with Crippen molar-refractivity contribution in [2.75, 3.05) is 13.1 Å². The van der Waals surface area contributed by atoms with Gasteiger partial charge in [0.05, 0.1) is 0 Å². The van der Waals surface area contributed by atoms with Crippen molar-refractivity contribution in [2.24, 2.45) is 11.8 Å². The first kappa shape index (κ1) is 15.3. The van der Waals surface area contributed by atoms with E-state index in [2.05, 4.69) is 18.7 Å². The summed E-state index contributed by atoms with van der Waals surface area (Å²) in [6.07, 6.45) is 1.16. The van der Waals surface area contributed by atoms with Crippen molar-refractivity contribution in [1.29, 1.82) is 0 Å². The average Bonchev–Trinajstić information content (AvgIpc) is 2.37. The second-order valence-corrected chi connectivity index (χ2v) is 6.67. The Morgan fingerprint density at radius 1 is 1.25 bits per heavy atom. The Bertz CT molecular complexity index is 478. The number of carbonyl (C=O) groups is 1. The van der Waals surface area contributed by atoms with Gasteiger partial charge in [0.25, 0.3) is 0 Å². The normalized spacial score (nSPS) is 27.0. The summed E-state index contributed by atoms with van der Waals surface area (Å²) in [6.45, 7) is 7.80. The van der Waals surface area contributed by atoms with Crippen LogP contribution in [0.2, 0.25) is 5.02 Å². The number of hydrogen-bond donors (Lipinski definition) is 1. The van der Waals surface area contributed by atoms with Crippen molar-refractivity contribution in [3.63, 3.8) is 0 Å². The number of hydrogen-bond acceptors (Lipinski definition) is 2. The minimum absolute atomic E-state index is 0.518. The van der Waals surface area contributed by atoms with Crippen molar-refractivity contribution in [1.82, 2.24) is 4.90 Å². The Morgan fingerprint density at radius 3 is 2.20 bits per heavy atom. The van der Waals surface area contributed by atoms with Crippen molar-refractivity contribution in [3.05, 3.63) is 34.9 Å². The molecule has 3 nitrogen and oxygen atoms in total. The van der Waals surface area contributed by atoms with E-state index in [0.29, 0.717) is 16.9 Å². The van der Waals surface area contributed by atoms with Gasteiger partial charge in [0, 0.05) is 18.1 Å². The van der Waals surface area contributed by atoms with Gasteiger partial charge in [-0.3, -0.25) is 4.90 Å². The van der Waals surface area contributed by atoms with Crippen LogP contribution in [0.1, 0.15) is 32.8 Å². The first-order valence-corrected chi connectivity index (χ1v) is 7.46. The summed E-state index contributed by atoms with van der Waals surface area (Å²) < 4.78 is 0. The maximum atomic E-state index is 11.9. The smallest absolute Gasteiger partial charge is 0.328 e. The minimum Gasteiger partial charge on any atom is -0.480 e. The van der Waals surface area contributed by atoms with E-state index in [0.717, 1.165) is 25.1 Å². The molecule has 20 heavy (non-hydrogen) atoms. The molecule has 1 aliphatic rings. The van der Waals surface area contributed by atoms with E-state index >= 15 is 0 Å². The molecule has 0 saturated carbocycles. The molecular weight excluding hydrogens is 274 g/mol. The number of likely N-dealkylation sites (tertiary alicyclic amines) is 1. The fourth-order valence-corrected chi connectivity index (χ4v) is 3.37. The molecule has 3 unspecified atom stereocenters. The van der Waals surface area contributed by atoms with Gasteiger partial charge in [-0.25, -0.2) is 4.79 Å². The van der Waals surface area contributed by atoms with Crippen molar-refractivity contribution in [2.45, 2.75) is 32.7 Å². The number of benzene rings is 1. The predicted molar refractivity (Wildman–Crippen MR) is 81.0 cm³/mol. The molecule has 3 atom stereocenters. The summed E-state index contributed by atoms with van der Waals surface area (Å²) in [5.74, 6) is 0.232. The van der Waals surface area contributed by atoms with E-state index in [1.807, 2.05) is 12.1 Å². The van der Waals surface area contributed by atoms with E-state index < -0.39 is 11.5 Å². The number of rotatable bonds is 3. The van der Waals surface area contributed by atoms with Crippen LogP contribution in [0, 0.1) is 11.8 Å². The zero-order chi connectivity index (χ0) is 14.9. The molecule has 0 radical (unpaired) electrons. The second kappa shape index (κ2) is 5.74. The van der Waals surface area contributed by atoms with Crippen LogP contribution in [0.15, 0.2) is 24.3 Å². The zero-order valence-electron chi connectivity index (χ0n) is 12.3. The highest BCUT2D eigenvalue weighted by molar-refractivity contribution is 6.30. The monoisotopic (exact) mass is 295 g/mol.